The predicted octanol–water partition coefficient (Wildman–Crippen LogP) is 3.64. The smallest absolute Gasteiger partial charge is 0.258 e. The zero-order chi connectivity index (χ0) is 23.7. The summed E-state index contributed by atoms with van der Waals surface area (Å²) in [5.41, 5.74) is 2.70. The molecule has 0 spiro atoms. The Morgan fingerprint density at radius 3 is 2.65 bits per heavy atom. The first-order chi connectivity index (χ1) is 16.5. The Balaban J connectivity index is 1.42. The molecular formula is C25H23F2N5O2. The number of methoxy groups -OCH3 is 1. The van der Waals surface area contributed by atoms with Gasteiger partial charge in [-0.15, -0.1) is 0 Å². The van der Waals surface area contributed by atoms with E-state index in [-0.39, 0.29) is 11.6 Å². The minimum atomic E-state index is -0.659. The Hall–Kier alpha value is -3.85. The second-order valence-corrected chi connectivity index (χ2v) is 8.30. The molecule has 3 N–H and O–H groups in total. The third-order valence-corrected chi connectivity index (χ3v) is 5.85. The number of nitrogens with one attached hydrogen (secondary N) is 3. The Morgan fingerprint density at radius 2 is 1.97 bits per heavy atom. The van der Waals surface area contributed by atoms with Gasteiger partial charge in [0.15, 0.2) is 0 Å². The summed E-state index contributed by atoms with van der Waals surface area (Å²) in [7, 11) is 1.57. The van der Waals surface area contributed by atoms with Gasteiger partial charge in [0.25, 0.3) is 5.56 Å². The van der Waals surface area contributed by atoms with Crippen LogP contribution in [-0.4, -0.2) is 41.2 Å². The van der Waals surface area contributed by atoms with E-state index in [9.17, 15) is 13.6 Å². The number of aromatic nitrogens is 3. The monoisotopic (exact) mass is 463 g/mol. The summed E-state index contributed by atoms with van der Waals surface area (Å²) >= 11 is 0. The Kier molecular flexibility index (Phi) is 5.93. The lowest BCUT2D eigenvalue weighted by atomic mass is 10.1. The first kappa shape index (κ1) is 22.0. The number of nitrogens with zero attached hydrogens (tertiary/aromatic N) is 2. The van der Waals surface area contributed by atoms with Crippen molar-refractivity contribution in [2.75, 3.05) is 25.5 Å². The van der Waals surface area contributed by atoms with Gasteiger partial charge < -0.3 is 20.4 Å². The molecule has 4 aromatic rings. The fourth-order valence-electron chi connectivity index (χ4n) is 4.17. The number of fused-ring (bicyclic) bond motifs is 1. The lowest BCUT2D eigenvalue weighted by molar-refractivity contribution is 0.416. The van der Waals surface area contributed by atoms with E-state index in [0.717, 1.165) is 36.8 Å². The lowest BCUT2D eigenvalue weighted by Gasteiger charge is -2.16. The molecule has 1 aliphatic rings. The highest BCUT2D eigenvalue weighted by Crippen LogP contribution is 2.29. The zero-order valence-corrected chi connectivity index (χ0v) is 18.5. The highest BCUT2D eigenvalue weighted by Gasteiger charge is 2.17. The molecule has 1 fully saturated rings. The van der Waals surface area contributed by atoms with Crippen molar-refractivity contribution >= 4 is 16.6 Å². The SMILES string of the molecule is COc1cc2c(=O)[nH]c(Cc3ccc(-c4cc(F)cc(F)c4)nc3)nc2cc1NC1CCNC1. The quantitative estimate of drug-likeness (QED) is 0.405. The van der Waals surface area contributed by atoms with Crippen molar-refractivity contribution in [1.82, 2.24) is 20.3 Å². The molecule has 1 atom stereocenters. The summed E-state index contributed by atoms with van der Waals surface area (Å²) in [5, 5.41) is 7.23. The molecule has 34 heavy (non-hydrogen) atoms. The number of H-pyrrole nitrogens is 1. The van der Waals surface area contributed by atoms with Crippen LogP contribution in [0.4, 0.5) is 14.5 Å². The van der Waals surface area contributed by atoms with Gasteiger partial charge in [-0.1, -0.05) is 6.07 Å². The largest absolute Gasteiger partial charge is 0.495 e. The van der Waals surface area contributed by atoms with Crippen LogP contribution in [0.1, 0.15) is 17.8 Å². The molecule has 0 bridgehead atoms. The highest BCUT2D eigenvalue weighted by molar-refractivity contribution is 5.85. The second kappa shape index (κ2) is 9.18. The minimum absolute atomic E-state index is 0.257. The number of hydrogen-bond donors (Lipinski definition) is 3. The summed E-state index contributed by atoms with van der Waals surface area (Å²) < 4.78 is 32.5. The van der Waals surface area contributed by atoms with Gasteiger partial charge in [0.2, 0.25) is 0 Å². The van der Waals surface area contributed by atoms with Crippen molar-refractivity contribution in [1.29, 1.82) is 0 Å². The second-order valence-electron chi connectivity index (χ2n) is 8.30. The number of aromatic amines is 1. The molecule has 0 saturated carbocycles. The minimum Gasteiger partial charge on any atom is -0.495 e. The van der Waals surface area contributed by atoms with Crippen molar-refractivity contribution < 1.29 is 13.5 Å². The van der Waals surface area contributed by atoms with Gasteiger partial charge in [-0.05, 0) is 48.9 Å². The van der Waals surface area contributed by atoms with Gasteiger partial charge >= 0.3 is 0 Å². The molecule has 7 nitrogen and oxygen atoms in total. The van der Waals surface area contributed by atoms with E-state index in [1.54, 1.807) is 31.5 Å². The summed E-state index contributed by atoms with van der Waals surface area (Å²) in [5.74, 6) is -0.238. The van der Waals surface area contributed by atoms with Crippen molar-refractivity contribution in [2.45, 2.75) is 18.9 Å². The van der Waals surface area contributed by atoms with Gasteiger partial charge in [-0.2, -0.15) is 0 Å². The van der Waals surface area contributed by atoms with E-state index < -0.39 is 11.6 Å². The average molecular weight is 463 g/mol. The number of hydrogen-bond acceptors (Lipinski definition) is 6. The van der Waals surface area contributed by atoms with Crippen LogP contribution >= 0.6 is 0 Å². The number of pyridine rings is 1. The van der Waals surface area contributed by atoms with E-state index >= 15 is 0 Å². The summed E-state index contributed by atoms with van der Waals surface area (Å²) in [6, 6.07) is 10.6. The lowest BCUT2D eigenvalue weighted by Crippen LogP contribution is -2.22. The van der Waals surface area contributed by atoms with Crippen LogP contribution in [0.2, 0.25) is 0 Å². The van der Waals surface area contributed by atoms with Crippen LogP contribution in [0.25, 0.3) is 22.2 Å². The fourth-order valence-corrected chi connectivity index (χ4v) is 4.17. The zero-order valence-electron chi connectivity index (χ0n) is 18.5. The molecule has 1 unspecified atom stereocenters. The Morgan fingerprint density at radius 1 is 1.15 bits per heavy atom. The molecule has 0 amide bonds. The molecule has 2 aromatic carbocycles. The maximum atomic E-state index is 13.5. The van der Waals surface area contributed by atoms with E-state index in [0.29, 0.717) is 40.2 Å². The number of benzene rings is 2. The molecule has 1 aliphatic heterocycles. The van der Waals surface area contributed by atoms with E-state index in [1.165, 1.54) is 12.1 Å². The molecule has 174 valence electrons. The van der Waals surface area contributed by atoms with Crippen LogP contribution in [0, 0.1) is 11.6 Å². The van der Waals surface area contributed by atoms with Gasteiger partial charge in [-0.3, -0.25) is 9.78 Å². The number of ether oxygens (including phenoxy) is 1. The third kappa shape index (κ3) is 4.60. The fraction of sp³-hybridized carbons (Fsp3) is 0.240. The number of anilines is 1. The van der Waals surface area contributed by atoms with Gasteiger partial charge in [-0.25, -0.2) is 13.8 Å². The van der Waals surface area contributed by atoms with Crippen molar-refractivity contribution in [3.05, 3.63) is 82.0 Å². The highest BCUT2D eigenvalue weighted by atomic mass is 19.1. The molecule has 0 radical (unpaired) electrons. The van der Waals surface area contributed by atoms with Gasteiger partial charge in [0.05, 0.1) is 29.4 Å². The maximum absolute atomic E-state index is 13.5. The number of rotatable bonds is 6. The average Bonchev–Trinajstić information content (AvgIpc) is 3.32. The normalized spacial score (nSPS) is 15.6. The molecule has 9 heteroatoms. The van der Waals surface area contributed by atoms with Crippen molar-refractivity contribution in [3.8, 4) is 17.0 Å². The van der Waals surface area contributed by atoms with Crippen LogP contribution in [0.15, 0.2) is 53.5 Å². The van der Waals surface area contributed by atoms with E-state index in [4.69, 9.17) is 4.74 Å². The molecule has 5 rings (SSSR count). The van der Waals surface area contributed by atoms with Gasteiger partial charge in [0.1, 0.15) is 23.2 Å². The summed E-state index contributed by atoms with van der Waals surface area (Å²) in [6.07, 6.45) is 2.95. The number of halogens is 2. The van der Waals surface area contributed by atoms with Crippen LogP contribution in [0.5, 0.6) is 5.75 Å². The van der Waals surface area contributed by atoms with E-state index in [2.05, 4.69) is 25.6 Å². The Bertz CT molecular complexity index is 1380. The molecular weight excluding hydrogens is 440 g/mol. The van der Waals surface area contributed by atoms with Gasteiger partial charge in [0, 0.05) is 36.8 Å². The van der Waals surface area contributed by atoms with Crippen LogP contribution in [-0.2, 0) is 6.42 Å². The maximum Gasteiger partial charge on any atom is 0.258 e. The van der Waals surface area contributed by atoms with E-state index in [1.807, 2.05) is 6.07 Å². The molecule has 0 aliphatic carbocycles. The first-order valence-corrected chi connectivity index (χ1v) is 11.0. The summed E-state index contributed by atoms with van der Waals surface area (Å²) in [4.78, 5) is 24.5. The van der Waals surface area contributed by atoms with Crippen LogP contribution < -0.4 is 20.9 Å². The molecule has 1 saturated heterocycles. The summed E-state index contributed by atoms with van der Waals surface area (Å²) in [6.45, 7) is 1.82. The third-order valence-electron chi connectivity index (χ3n) is 5.85. The van der Waals surface area contributed by atoms with Crippen molar-refractivity contribution in [2.24, 2.45) is 0 Å². The molecule has 2 aromatic heterocycles. The van der Waals surface area contributed by atoms with Crippen molar-refractivity contribution in [3.63, 3.8) is 0 Å². The predicted molar refractivity (Wildman–Crippen MR) is 126 cm³/mol. The Labute approximate surface area is 194 Å². The topological polar surface area (TPSA) is 91.9 Å². The first-order valence-electron chi connectivity index (χ1n) is 11.0. The standard InChI is InChI=1S/C25H23F2N5O2/c1-34-23-10-19-21(11-22(23)30-18-4-5-28-13-18)31-24(32-25(19)33)6-14-2-3-20(29-12-14)15-7-16(26)9-17(27)8-15/h2-3,7-12,18,28,30H,4-6,13H2,1H3,(H,31,32,33). The molecule has 3 heterocycles. The van der Waals surface area contributed by atoms with Crippen LogP contribution in [0.3, 0.4) is 0 Å².